The number of hydrogen-bond donors (Lipinski definition) is 0. The van der Waals surface area contributed by atoms with Crippen LogP contribution in [0.2, 0.25) is 0 Å². The zero-order valence-electron chi connectivity index (χ0n) is 19.2. The summed E-state index contributed by atoms with van der Waals surface area (Å²) in [6, 6.07) is 0. The van der Waals surface area contributed by atoms with Gasteiger partial charge < -0.3 is 9.13 Å². The van der Waals surface area contributed by atoms with Crippen LogP contribution in [-0.4, -0.2) is 61.4 Å². The number of hydrogen-bond acceptors (Lipinski definition) is 2. The SMILES string of the molecule is C=Cn1ccnc1C.C=Cn1ccnc1C.CC(=[OH+])CC(C)=[OH+].CC(=[OH+])CC(C)=[OH+].[Ni]. The van der Waals surface area contributed by atoms with Gasteiger partial charge in [0, 0.05) is 81.4 Å². The van der Waals surface area contributed by atoms with Crippen molar-refractivity contribution in [2.75, 3.05) is 0 Å². The first kappa shape index (κ1) is 32.7. The van der Waals surface area contributed by atoms with Gasteiger partial charge in [0.2, 0.25) is 0 Å². The van der Waals surface area contributed by atoms with E-state index in [-0.39, 0.29) is 39.6 Å². The molecule has 0 fully saturated rings. The summed E-state index contributed by atoms with van der Waals surface area (Å²) < 4.78 is 3.72. The maximum atomic E-state index is 8.46. The van der Waals surface area contributed by atoms with E-state index < -0.39 is 0 Å². The van der Waals surface area contributed by atoms with Crippen molar-refractivity contribution in [1.82, 2.24) is 19.1 Å². The normalized spacial score (nSPS) is 8.45. The monoisotopic (exact) mass is 478 g/mol. The van der Waals surface area contributed by atoms with Gasteiger partial charge in [-0.3, -0.25) is 19.2 Å². The van der Waals surface area contributed by atoms with E-state index in [9.17, 15) is 0 Å². The van der Waals surface area contributed by atoms with Gasteiger partial charge in [0.1, 0.15) is 11.6 Å². The summed E-state index contributed by atoms with van der Waals surface area (Å²) in [6.45, 7) is 17.3. The Bertz CT molecular complexity index is 759. The van der Waals surface area contributed by atoms with Crippen molar-refractivity contribution >= 4 is 35.5 Å². The molecule has 2 heterocycles. The van der Waals surface area contributed by atoms with Crippen LogP contribution in [0.1, 0.15) is 52.2 Å². The molecule has 0 aromatic carbocycles. The molecule has 4 N–H and O–H groups in total. The molecule has 2 aromatic rings. The van der Waals surface area contributed by atoms with Gasteiger partial charge in [-0.15, -0.1) is 0 Å². The van der Waals surface area contributed by atoms with E-state index in [4.69, 9.17) is 19.2 Å². The molecule has 8 nitrogen and oxygen atoms in total. The Morgan fingerprint density at radius 1 is 0.742 bits per heavy atom. The number of ketones is 4. The molecule has 0 atom stereocenters. The predicted octanol–water partition coefficient (Wildman–Crippen LogP) is 3.59. The van der Waals surface area contributed by atoms with E-state index in [1.54, 1.807) is 52.5 Å². The first-order valence-corrected chi connectivity index (χ1v) is 9.24. The summed E-state index contributed by atoms with van der Waals surface area (Å²) >= 11 is 0. The van der Waals surface area contributed by atoms with Crippen molar-refractivity contribution in [3.05, 3.63) is 49.6 Å². The first-order valence-electron chi connectivity index (χ1n) is 9.24. The van der Waals surface area contributed by atoms with Gasteiger partial charge in [0.15, 0.2) is 12.8 Å². The number of imidazole rings is 2. The minimum Gasteiger partial charge on any atom is -0.311 e. The minimum atomic E-state index is 0. The molecule has 0 bridgehead atoms. The molecule has 2 aromatic heterocycles. The molecule has 0 radical (unpaired) electrons. The summed E-state index contributed by atoms with van der Waals surface area (Å²) in [5.41, 5.74) is 0. The van der Waals surface area contributed by atoms with Gasteiger partial charge in [0.05, 0.1) is 0 Å². The Morgan fingerprint density at radius 2 is 1.00 bits per heavy atom. The summed E-state index contributed by atoms with van der Waals surface area (Å²) in [7, 11) is 0. The minimum absolute atomic E-state index is 0. The van der Waals surface area contributed by atoms with Crippen molar-refractivity contribution in [2.24, 2.45) is 0 Å². The predicted molar refractivity (Wildman–Crippen MR) is 126 cm³/mol. The third kappa shape index (κ3) is 20.1. The van der Waals surface area contributed by atoms with E-state index in [1.165, 1.54) is 0 Å². The van der Waals surface area contributed by atoms with Gasteiger partial charge >= 0.3 is 23.1 Å². The first-order chi connectivity index (χ1) is 13.9. The second-order valence-corrected chi connectivity index (χ2v) is 6.42. The molecule has 9 heteroatoms. The molecular weight excluding hydrogens is 443 g/mol. The zero-order chi connectivity index (χ0) is 23.7. The number of aryl methyl sites for hydroxylation is 2. The molecule has 174 valence electrons. The van der Waals surface area contributed by atoms with Crippen LogP contribution in [0, 0.1) is 13.8 Å². The van der Waals surface area contributed by atoms with Gasteiger partial charge in [-0.25, -0.2) is 9.97 Å². The summed E-state index contributed by atoms with van der Waals surface area (Å²) in [5.74, 6) is 2.94. The quantitative estimate of drug-likeness (QED) is 0.357. The molecule has 0 saturated carbocycles. The van der Waals surface area contributed by atoms with Crippen molar-refractivity contribution in [3.8, 4) is 0 Å². The van der Waals surface area contributed by atoms with Crippen molar-refractivity contribution in [2.45, 2.75) is 54.4 Å². The van der Waals surface area contributed by atoms with Crippen LogP contribution in [0.25, 0.3) is 12.4 Å². The molecule has 0 amide bonds. The van der Waals surface area contributed by atoms with Crippen molar-refractivity contribution < 1.29 is 35.7 Å². The van der Waals surface area contributed by atoms with Crippen LogP contribution in [-0.2, 0) is 16.5 Å². The largest absolute Gasteiger partial charge is 0.311 e. The fourth-order valence-corrected chi connectivity index (χ4v) is 1.90. The van der Waals surface area contributed by atoms with E-state index in [1.807, 2.05) is 35.4 Å². The average Bonchev–Trinajstić information content (AvgIpc) is 3.21. The molecule has 0 aliphatic rings. The smallest absolute Gasteiger partial charge is 0.302 e. The second kappa shape index (κ2) is 19.1. The Morgan fingerprint density at radius 3 is 1.06 bits per heavy atom. The van der Waals surface area contributed by atoms with Crippen molar-refractivity contribution in [1.29, 1.82) is 0 Å². The number of aromatic nitrogens is 4. The topological polar surface area (TPSA) is 121 Å². The fourth-order valence-electron chi connectivity index (χ4n) is 1.90. The van der Waals surface area contributed by atoms with Crippen LogP contribution in [0.15, 0.2) is 37.9 Å². The van der Waals surface area contributed by atoms with Crippen LogP contribution in [0.3, 0.4) is 0 Å². The molecule has 2 rings (SSSR count). The Labute approximate surface area is 194 Å². The van der Waals surface area contributed by atoms with E-state index >= 15 is 0 Å². The summed E-state index contributed by atoms with van der Waals surface area (Å²) in [4.78, 5) is 41.8. The van der Waals surface area contributed by atoms with E-state index in [0.29, 0.717) is 12.8 Å². The number of nitrogens with zero attached hydrogens (tertiary/aromatic N) is 4. The number of rotatable bonds is 6. The molecular formula is C22H36N4NiO4+4. The molecule has 0 unspecified atom stereocenters. The Hall–Kier alpha value is -2.93. The second-order valence-electron chi connectivity index (χ2n) is 6.42. The molecule has 31 heavy (non-hydrogen) atoms. The maximum Gasteiger partial charge on any atom is 0.302 e. The van der Waals surface area contributed by atoms with E-state index in [0.717, 1.165) is 11.6 Å². The molecule has 0 spiro atoms. The van der Waals surface area contributed by atoms with E-state index in [2.05, 4.69) is 23.1 Å². The van der Waals surface area contributed by atoms with Crippen LogP contribution in [0.5, 0.6) is 0 Å². The summed E-state index contributed by atoms with van der Waals surface area (Å²) in [5, 5.41) is 0. The van der Waals surface area contributed by atoms with Gasteiger partial charge in [0.25, 0.3) is 0 Å². The maximum absolute atomic E-state index is 8.46. The number of carbonyl (C=O) groups excluding carboxylic acids is 4. The van der Waals surface area contributed by atoms with Gasteiger partial charge in [-0.05, 0) is 13.8 Å². The molecule has 0 saturated heterocycles. The molecule has 0 aliphatic carbocycles. The van der Waals surface area contributed by atoms with Crippen molar-refractivity contribution in [3.63, 3.8) is 0 Å². The average molecular weight is 479 g/mol. The Balaban J connectivity index is -0.000000335. The fraction of sp³-hybridized carbons (Fsp3) is 0.364. The zero-order valence-corrected chi connectivity index (χ0v) is 20.2. The van der Waals surface area contributed by atoms with Crippen LogP contribution in [0.4, 0.5) is 0 Å². The third-order valence-corrected chi connectivity index (χ3v) is 3.14. The van der Waals surface area contributed by atoms with Crippen LogP contribution < -0.4 is 0 Å². The van der Waals surface area contributed by atoms with Crippen LogP contribution >= 0.6 is 0 Å². The Kier molecular flexibility index (Phi) is 20.1. The summed E-state index contributed by atoms with van der Waals surface area (Å²) in [6.07, 6.45) is 11.3. The van der Waals surface area contributed by atoms with Gasteiger partial charge in [-0.2, -0.15) is 0 Å². The standard InChI is InChI=1S/2C6H8N2.2C5H8O2.Ni/c2*1-3-8-5-4-7-6(8)2;2*1-4(6)3-5(2)7;/h2*3-5H,1H2,2H3;2*3H2,1-2H3;/p+4. The third-order valence-electron chi connectivity index (χ3n) is 3.14. The molecule has 0 aliphatic heterocycles. The van der Waals surface area contributed by atoms with Gasteiger partial charge in [-0.1, -0.05) is 13.2 Å².